The van der Waals surface area contributed by atoms with Crippen molar-refractivity contribution < 1.29 is 9.90 Å². The summed E-state index contributed by atoms with van der Waals surface area (Å²) in [6.45, 7) is 0.606. The van der Waals surface area contributed by atoms with Crippen molar-refractivity contribution in [3.05, 3.63) is 59.7 Å². The van der Waals surface area contributed by atoms with E-state index in [0.29, 0.717) is 17.8 Å². The number of aromatic hydroxyl groups is 1. The average molecular weight is 256 g/mol. The number of anilines is 1. The van der Waals surface area contributed by atoms with Crippen LogP contribution in [0.25, 0.3) is 0 Å². The maximum absolute atomic E-state index is 11.9. The zero-order valence-corrected chi connectivity index (χ0v) is 10.5. The number of phenolic OH excluding ortho intramolecular Hbond substituents is 1. The van der Waals surface area contributed by atoms with E-state index in [1.165, 1.54) is 12.1 Å². The summed E-state index contributed by atoms with van der Waals surface area (Å²) >= 11 is 0. The molecule has 0 aliphatic rings. The van der Waals surface area contributed by atoms with Crippen LogP contribution in [0.15, 0.2) is 48.5 Å². The van der Waals surface area contributed by atoms with Crippen LogP contribution in [-0.4, -0.2) is 17.6 Å². The van der Waals surface area contributed by atoms with Gasteiger partial charge in [-0.1, -0.05) is 18.2 Å². The van der Waals surface area contributed by atoms with Crippen LogP contribution in [0.2, 0.25) is 0 Å². The van der Waals surface area contributed by atoms with E-state index in [0.717, 1.165) is 12.0 Å². The standard InChI is InChI=1S/C15H16N2O2/c16-9-8-11-4-6-13(7-5-11)17-15(19)12-2-1-3-14(18)10-12/h1-7,10,18H,8-9,16H2,(H,17,19). The Bertz CT molecular complexity index is 565. The molecule has 0 fully saturated rings. The van der Waals surface area contributed by atoms with Gasteiger partial charge in [-0.3, -0.25) is 4.79 Å². The van der Waals surface area contributed by atoms with Crippen molar-refractivity contribution >= 4 is 11.6 Å². The van der Waals surface area contributed by atoms with Crippen molar-refractivity contribution in [2.45, 2.75) is 6.42 Å². The summed E-state index contributed by atoms with van der Waals surface area (Å²) in [5, 5.41) is 12.1. The second kappa shape index (κ2) is 6.02. The van der Waals surface area contributed by atoms with Gasteiger partial charge in [0, 0.05) is 11.3 Å². The molecule has 0 saturated heterocycles. The highest BCUT2D eigenvalue weighted by Gasteiger charge is 2.06. The zero-order chi connectivity index (χ0) is 13.7. The molecule has 0 aliphatic carbocycles. The molecule has 0 spiro atoms. The van der Waals surface area contributed by atoms with Gasteiger partial charge in [-0.15, -0.1) is 0 Å². The van der Waals surface area contributed by atoms with Crippen molar-refractivity contribution in [3.63, 3.8) is 0 Å². The van der Waals surface area contributed by atoms with Crippen molar-refractivity contribution in [2.24, 2.45) is 5.73 Å². The molecule has 98 valence electrons. The Labute approximate surface area is 111 Å². The minimum Gasteiger partial charge on any atom is -0.508 e. The molecule has 0 aromatic heterocycles. The highest BCUT2D eigenvalue weighted by atomic mass is 16.3. The quantitative estimate of drug-likeness (QED) is 0.784. The third kappa shape index (κ3) is 3.56. The summed E-state index contributed by atoms with van der Waals surface area (Å²) in [7, 11) is 0. The lowest BCUT2D eigenvalue weighted by atomic mass is 10.1. The first-order valence-electron chi connectivity index (χ1n) is 6.08. The molecule has 4 heteroatoms. The number of amides is 1. The van der Waals surface area contributed by atoms with E-state index in [4.69, 9.17) is 5.73 Å². The van der Waals surface area contributed by atoms with Crippen LogP contribution in [0.5, 0.6) is 5.75 Å². The highest BCUT2D eigenvalue weighted by molar-refractivity contribution is 6.04. The lowest BCUT2D eigenvalue weighted by Crippen LogP contribution is -2.11. The number of carbonyl (C=O) groups is 1. The van der Waals surface area contributed by atoms with E-state index < -0.39 is 0 Å². The molecule has 4 nitrogen and oxygen atoms in total. The Kier molecular flexibility index (Phi) is 4.15. The smallest absolute Gasteiger partial charge is 0.255 e. The number of hydrogen-bond donors (Lipinski definition) is 3. The molecule has 2 aromatic rings. The van der Waals surface area contributed by atoms with Crippen LogP contribution >= 0.6 is 0 Å². The van der Waals surface area contributed by atoms with E-state index >= 15 is 0 Å². The van der Waals surface area contributed by atoms with Gasteiger partial charge in [-0.05, 0) is 48.9 Å². The molecule has 4 N–H and O–H groups in total. The van der Waals surface area contributed by atoms with Gasteiger partial charge in [0.25, 0.3) is 5.91 Å². The fourth-order valence-corrected chi connectivity index (χ4v) is 1.77. The number of hydrogen-bond acceptors (Lipinski definition) is 3. The van der Waals surface area contributed by atoms with E-state index in [1.54, 1.807) is 12.1 Å². The van der Waals surface area contributed by atoms with Crippen LogP contribution in [0.1, 0.15) is 15.9 Å². The Balaban J connectivity index is 2.06. The van der Waals surface area contributed by atoms with Gasteiger partial charge in [0.05, 0.1) is 0 Å². The normalized spacial score (nSPS) is 10.2. The molecule has 2 aromatic carbocycles. The van der Waals surface area contributed by atoms with Gasteiger partial charge >= 0.3 is 0 Å². The molecular weight excluding hydrogens is 240 g/mol. The molecule has 0 atom stereocenters. The first-order valence-corrected chi connectivity index (χ1v) is 6.08. The maximum Gasteiger partial charge on any atom is 0.255 e. The highest BCUT2D eigenvalue weighted by Crippen LogP contribution is 2.14. The summed E-state index contributed by atoms with van der Waals surface area (Å²) in [6, 6.07) is 13.8. The maximum atomic E-state index is 11.9. The van der Waals surface area contributed by atoms with E-state index in [2.05, 4.69) is 5.32 Å². The molecule has 0 aliphatic heterocycles. The molecule has 0 heterocycles. The third-order valence-electron chi connectivity index (χ3n) is 2.75. The van der Waals surface area contributed by atoms with E-state index in [1.807, 2.05) is 24.3 Å². The van der Waals surface area contributed by atoms with Gasteiger partial charge in [0.2, 0.25) is 0 Å². The topological polar surface area (TPSA) is 75.3 Å². The van der Waals surface area contributed by atoms with Gasteiger partial charge in [0.1, 0.15) is 5.75 Å². The minimum atomic E-state index is -0.248. The number of nitrogens with two attached hydrogens (primary N) is 1. The predicted octanol–water partition coefficient (Wildman–Crippen LogP) is 2.15. The molecule has 2 rings (SSSR count). The fourth-order valence-electron chi connectivity index (χ4n) is 1.77. The van der Waals surface area contributed by atoms with Crippen molar-refractivity contribution in [2.75, 3.05) is 11.9 Å². The summed E-state index contributed by atoms with van der Waals surface area (Å²) in [4.78, 5) is 11.9. The lowest BCUT2D eigenvalue weighted by molar-refractivity contribution is 0.102. The second-order valence-corrected chi connectivity index (χ2v) is 4.24. The largest absolute Gasteiger partial charge is 0.508 e. The zero-order valence-electron chi connectivity index (χ0n) is 10.5. The Morgan fingerprint density at radius 2 is 1.89 bits per heavy atom. The van der Waals surface area contributed by atoms with Gasteiger partial charge in [-0.25, -0.2) is 0 Å². The fraction of sp³-hybridized carbons (Fsp3) is 0.133. The molecule has 1 amide bonds. The van der Waals surface area contributed by atoms with Gasteiger partial charge < -0.3 is 16.2 Å². The second-order valence-electron chi connectivity index (χ2n) is 4.24. The van der Waals surface area contributed by atoms with E-state index in [-0.39, 0.29) is 11.7 Å². The number of benzene rings is 2. The first-order chi connectivity index (χ1) is 9.19. The van der Waals surface area contributed by atoms with Gasteiger partial charge in [0.15, 0.2) is 0 Å². The molecule has 0 saturated carbocycles. The van der Waals surface area contributed by atoms with Crippen LogP contribution in [-0.2, 0) is 6.42 Å². The third-order valence-corrected chi connectivity index (χ3v) is 2.75. The number of carbonyl (C=O) groups excluding carboxylic acids is 1. The summed E-state index contributed by atoms with van der Waals surface area (Å²) in [5.41, 5.74) is 7.75. The Hall–Kier alpha value is -2.33. The monoisotopic (exact) mass is 256 g/mol. The SMILES string of the molecule is NCCc1ccc(NC(=O)c2cccc(O)c2)cc1. The van der Waals surface area contributed by atoms with Crippen molar-refractivity contribution in [1.29, 1.82) is 0 Å². The Morgan fingerprint density at radius 1 is 1.16 bits per heavy atom. The molecule has 19 heavy (non-hydrogen) atoms. The number of nitrogens with one attached hydrogen (secondary N) is 1. The first kappa shape index (κ1) is 13.1. The number of phenols is 1. The molecular formula is C15H16N2O2. The molecule has 0 unspecified atom stereocenters. The summed E-state index contributed by atoms with van der Waals surface area (Å²) in [5.74, 6) is -0.173. The molecule has 0 radical (unpaired) electrons. The average Bonchev–Trinajstić information content (AvgIpc) is 2.41. The van der Waals surface area contributed by atoms with Crippen molar-refractivity contribution in [1.82, 2.24) is 0 Å². The van der Waals surface area contributed by atoms with Crippen LogP contribution in [0.4, 0.5) is 5.69 Å². The summed E-state index contributed by atoms with van der Waals surface area (Å²) < 4.78 is 0. The predicted molar refractivity (Wildman–Crippen MR) is 75.3 cm³/mol. The van der Waals surface area contributed by atoms with Crippen LogP contribution in [0, 0.1) is 0 Å². The van der Waals surface area contributed by atoms with Crippen LogP contribution < -0.4 is 11.1 Å². The Morgan fingerprint density at radius 3 is 2.53 bits per heavy atom. The minimum absolute atomic E-state index is 0.0749. The van der Waals surface area contributed by atoms with Crippen molar-refractivity contribution in [3.8, 4) is 5.75 Å². The van der Waals surface area contributed by atoms with Crippen LogP contribution in [0.3, 0.4) is 0 Å². The lowest BCUT2D eigenvalue weighted by Gasteiger charge is -2.06. The molecule has 0 bridgehead atoms. The summed E-state index contributed by atoms with van der Waals surface area (Å²) in [6.07, 6.45) is 0.820. The van der Waals surface area contributed by atoms with Gasteiger partial charge in [-0.2, -0.15) is 0 Å². The van der Waals surface area contributed by atoms with E-state index in [9.17, 15) is 9.90 Å². The number of rotatable bonds is 4.